The van der Waals surface area contributed by atoms with Gasteiger partial charge in [0.25, 0.3) is 0 Å². The summed E-state index contributed by atoms with van der Waals surface area (Å²) in [5, 5.41) is 8.87. The van der Waals surface area contributed by atoms with Crippen LogP contribution in [0.3, 0.4) is 0 Å². The van der Waals surface area contributed by atoms with Gasteiger partial charge in [-0.05, 0) is 38.1 Å². The number of rotatable bonds is 4. The van der Waals surface area contributed by atoms with Gasteiger partial charge in [-0.1, -0.05) is 0 Å². The van der Waals surface area contributed by atoms with Gasteiger partial charge in [0.15, 0.2) is 11.5 Å². The van der Waals surface area contributed by atoms with Crippen molar-refractivity contribution < 1.29 is 14.3 Å². The van der Waals surface area contributed by atoms with E-state index in [0.717, 1.165) is 4.88 Å². The molecule has 0 fully saturated rings. The fraction of sp³-hybridized carbons (Fsp3) is 0.200. The van der Waals surface area contributed by atoms with Crippen molar-refractivity contribution in [2.24, 2.45) is 0 Å². The molecule has 0 aliphatic carbocycles. The highest BCUT2D eigenvalue weighted by atomic mass is 32.1. The van der Waals surface area contributed by atoms with Gasteiger partial charge >= 0.3 is 5.97 Å². The number of nitrogens with zero attached hydrogens (tertiary/aromatic N) is 1. The summed E-state index contributed by atoms with van der Waals surface area (Å²) in [6.07, 6.45) is 0. The van der Waals surface area contributed by atoms with Gasteiger partial charge in [-0.25, -0.2) is 4.79 Å². The average molecular weight is 287 g/mol. The Labute approximate surface area is 121 Å². The molecule has 0 radical (unpaired) electrons. The summed E-state index contributed by atoms with van der Waals surface area (Å²) in [5.41, 5.74) is 0.459. The summed E-state index contributed by atoms with van der Waals surface area (Å²) in [6, 6.07) is 10.3. The Morgan fingerprint density at radius 1 is 1.30 bits per heavy atom. The minimum absolute atomic E-state index is 0.321. The van der Waals surface area contributed by atoms with E-state index in [4.69, 9.17) is 14.7 Å². The lowest BCUT2D eigenvalue weighted by atomic mass is 10.2. The van der Waals surface area contributed by atoms with E-state index in [0.29, 0.717) is 28.5 Å². The molecule has 2 aromatic rings. The zero-order valence-corrected chi connectivity index (χ0v) is 12.0. The zero-order chi connectivity index (χ0) is 14.5. The molecule has 0 saturated heterocycles. The maximum absolute atomic E-state index is 12.0. The van der Waals surface area contributed by atoms with Gasteiger partial charge in [0.1, 0.15) is 4.88 Å². The maximum atomic E-state index is 12.0. The molecule has 1 heterocycles. The van der Waals surface area contributed by atoms with Crippen LogP contribution in [0.25, 0.3) is 0 Å². The smallest absolute Gasteiger partial charge is 0.353 e. The van der Waals surface area contributed by atoms with Crippen LogP contribution >= 0.6 is 11.3 Å². The van der Waals surface area contributed by atoms with E-state index in [9.17, 15) is 4.79 Å². The predicted octanol–water partition coefficient (Wildman–Crippen LogP) is 3.55. The summed E-state index contributed by atoms with van der Waals surface area (Å²) in [7, 11) is 0. The van der Waals surface area contributed by atoms with Crippen LogP contribution in [0.2, 0.25) is 0 Å². The third-order valence-electron chi connectivity index (χ3n) is 2.52. The average Bonchev–Trinajstić information content (AvgIpc) is 2.87. The Balaban J connectivity index is 2.24. The van der Waals surface area contributed by atoms with Gasteiger partial charge in [-0.2, -0.15) is 5.26 Å². The van der Waals surface area contributed by atoms with Crippen molar-refractivity contribution in [1.82, 2.24) is 0 Å². The molecule has 0 spiro atoms. The predicted molar refractivity (Wildman–Crippen MR) is 76.3 cm³/mol. The van der Waals surface area contributed by atoms with Crippen LogP contribution in [-0.4, -0.2) is 12.6 Å². The summed E-state index contributed by atoms with van der Waals surface area (Å²) in [5.74, 6) is 0.295. The third-order valence-corrected chi connectivity index (χ3v) is 3.50. The van der Waals surface area contributed by atoms with Gasteiger partial charge in [0, 0.05) is 10.9 Å². The Morgan fingerprint density at radius 2 is 2.10 bits per heavy atom. The lowest BCUT2D eigenvalue weighted by molar-refractivity contribution is 0.0733. The SMILES string of the molecule is CCOc1cc(C#N)ccc1OC(=O)c1ccc(C)s1. The molecule has 4 nitrogen and oxygen atoms in total. The van der Waals surface area contributed by atoms with E-state index in [2.05, 4.69) is 0 Å². The van der Waals surface area contributed by atoms with Crippen molar-refractivity contribution in [3.63, 3.8) is 0 Å². The first-order valence-corrected chi connectivity index (χ1v) is 6.91. The fourth-order valence-electron chi connectivity index (χ4n) is 1.62. The molecular weight excluding hydrogens is 274 g/mol. The van der Waals surface area contributed by atoms with Crippen LogP contribution < -0.4 is 9.47 Å². The van der Waals surface area contributed by atoms with Crippen molar-refractivity contribution >= 4 is 17.3 Å². The van der Waals surface area contributed by atoms with Crippen LogP contribution in [0, 0.1) is 18.3 Å². The number of nitriles is 1. The number of ether oxygens (including phenoxy) is 2. The summed E-state index contributed by atoms with van der Waals surface area (Å²) in [4.78, 5) is 13.6. The van der Waals surface area contributed by atoms with Crippen LogP contribution in [0.4, 0.5) is 0 Å². The highest BCUT2D eigenvalue weighted by Gasteiger charge is 2.14. The van der Waals surface area contributed by atoms with Crippen LogP contribution in [0.1, 0.15) is 27.0 Å². The molecule has 2 rings (SSSR count). The molecule has 0 amide bonds. The lowest BCUT2D eigenvalue weighted by Crippen LogP contribution is -2.08. The van der Waals surface area contributed by atoms with Gasteiger partial charge in [0.2, 0.25) is 0 Å². The minimum atomic E-state index is -0.422. The quantitative estimate of drug-likeness (QED) is 0.637. The summed E-state index contributed by atoms with van der Waals surface area (Å²) < 4.78 is 10.7. The van der Waals surface area contributed by atoms with Gasteiger partial charge in [-0.3, -0.25) is 0 Å². The molecule has 1 aromatic carbocycles. The molecule has 20 heavy (non-hydrogen) atoms. The molecule has 102 valence electrons. The summed E-state index contributed by atoms with van der Waals surface area (Å²) in [6.45, 7) is 4.18. The number of aryl methyl sites for hydroxylation is 1. The van der Waals surface area contributed by atoms with E-state index in [1.165, 1.54) is 11.3 Å². The Morgan fingerprint density at radius 3 is 2.70 bits per heavy atom. The highest BCUT2D eigenvalue weighted by molar-refractivity contribution is 7.13. The van der Waals surface area contributed by atoms with Crippen molar-refractivity contribution in [3.05, 3.63) is 45.6 Å². The van der Waals surface area contributed by atoms with Crippen molar-refractivity contribution in [2.45, 2.75) is 13.8 Å². The number of hydrogen-bond acceptors (Lipinski definition) is 5. The van der Waals surface area contributed by atoms with Gasteiger partial charge in [-0.15, -0.1) is 11.3 Å². The van der Waals surface area contributed by atoms with E-state index < -0.39 is 5.97 Å². The standard InChI is InChI=1S/C15H13NO3S/c1-3-18-13-8-11(9-16)5-6-12(13)19-15(17)14-7-4-10(2)20-14/h4-8H,3H2,1-2H3. The lowest BCUT2D eigenvalue weighted by Gasteiger charge is -2.10. The summed E-state index contributed by atoms with van der Waals surface area (Å²) >= 11 is 1.37. The number of thiophene rings is 1. The molecule has 0 saturated carbocycles. The first kappa shape index (κ1) is 14.1. The number of carbonyl (C=O) groups excluding carboxylic acids is 1. The van der Waals surface area contributed by atoms with Gasteiger partial charge in [0.05, 0.1) is 18.2 Å². The van der Waals surface area contributed by atoms with Crippen LogP contribution in [0.15, 0.2) is 30.3 Å². The number of esters is 1. The van der Waals surface area contributed by atoms with Crippen LogP contribution in [-0.2, 0) is 0 Å². The number of benzene rings is 1. The largest absolute Gasteiger partial charge is 0.490 e. The second kappa shape index (κ2) is 6.22. The van der Waals surface area contributed by atoms with Crippen molar-refractivity contribution in [1.29, 1.82) is 5.26 Å². The second-order valence-corrected chi connectivity index (χ2v) is 5.29. The normalized spacial score (nSPS) is 9.85. The van der Waals surface area contributed by atoms with E-state index >= 15 is 0 Å². The molecule has 0 bridgehead atoms. The number of hydrogen-bond donors (Lipinski definition) is 0. The zero-order valence-electron chi connectivity index (χ0n) is 11.2. The first-order valence-electron chi connectivity index (χ1n) is 6.09. The molecule has 0 aliphatic heterocycles. The molecular formula is C15H13NO3S. The number of carbonyl (C=O) groups is 1. The molecule has 0 N–H and O–H groups in total. The van der Waals surface area contributed by atoms with E-state index in [1.807, 2.05) is 26.0 Å². The highest BCUT2D eigenvalue weighted by Crippen LogP contribution is 2.29. The first-order chi connectivity index (χ1) is 9.63. The van der Waals surface area contributed by atoms with Crippen molar-refractivity contribution in [2.75, 3.05) is 6.61 Å². The van der Waals surface area contributed by atoms with Gasteiger partial charge < -0.3 is 9.47 Å². The monoisotopic (exact) mass is 287 g/mol. The topological polar surface area (TPSA) is 59.3 Å². The van der Waals surface area contributed by atoms with Crippen molar-refractivity contribution in [3.8, 4) is 17.6 Å². The Kier molecular flexibility index (Phi) is 4.38. The molecule has 5 heteroatoms. The molecule has 1 aromatic heterocycles. The minimum Gasteiger partial charge on any atom is -0.490 e. The maximum Gasteiger partial charge on any atom is 0.353 e. The Bertz CT molecular complexity index is 670. The Hall–Kier alpha value is -2.32. The van der Waals surface area contributed by atoms with E-state index in [-0.39, 0.29) is 0 Å². The third kappa shape index (κ3) is 3.16. The fourth-order valence-corrected chi connectivity index (χ4v) is 2.37. The van der Waals surface area contributed by atoms with Crippen LogP contribution in [0.5, 0.6) is 11.5 Å². The second-order valence-electron chi connectivity index (χ2n) is 4.01. The van der Waals surface area contributed by atoms with E-state index in [1.54, 1.807) is 24.3 Å². The molecule has 0 unspecified atom stereocenters. The molecule has 0 aliphatic rings. The molecule has 0 atom stereocenters.